The molecule has 0 bridgehead atoms. The van der Waals surface area contributed by atoms with Crippen molar-refractivity contribution in [3.05, 3.63) is 63.1 Å². The first-order valence-corrected chi connectivity index (χ1v) is 7.68. The topological polar surface area (TPSA) is 36.7 Å². The van der Waals surface area contributed by atoms with E-state index < -0.39 is 0 Å². The van der Waals surface area contributed by atoms with Gasteiger partial charge in [0.05, 0.1) is 15.8 Å². The number of rotatable bonds is 2. The summed E-state index contributed by atoms with van der Waals surface area (Å²) in [6.07, 6.45) is 1.68. The molecule has 3 rings (SSSR count). The Balaban J connectivity index is 2.14. The molecule has 0 spiro atoms. The van der Waals surface area contributed by atoms with Gasteiger partial charge in [-0.3, -0.25) is 0 Å². The highest BCUT2D eigenvalue weighted by Crippen LogP contribution is 2.31. The third kappa shape index (κ3) is 2.79. The minimum absolute atomic E-state index is 0.450. The summed E-state index contributed by atoms with van der Waals surface area (Å²) < 4.78 is 1.04. The van der Waals surface area contributed by atoms with Crippen molar-refractivity contribution in [2.24, 2.45) is 0 Å². The Morgan fingerprint density at radius 3 is 2.48 bits per heavy atom. The number of hydrogen-bond donors (Lipinski definition) is 0. The highest BCUT2D eigenvalue weighted by atomic mass is 35.5. The largest absolute Gasteiger partial charge is 0.235 e. The highest BCUT2D eigenvalue weighted by molar-refractivity contribution is 7.19. The van der Waals surface area contributed by atoms with Gasteiger partial charge in [0.1, 0.15) is 11.1 Å². The van der Waals surface area contributed by atoms with E-state index >= 15 is 0 Å². The molecule has 0 saturated heterocycles. The van der Waals surface area contributed by atoms with E-state index in [1.165, 1.54) is 11.3 Å². The van der Waals surface area contributed by atoms with Crippen LogP contribution in [-0.4, -0.2) is 4.98 Å². The molecule has 1 heterocycles. The molecular weight excluding hydrogens is 323 g/mol. The molecular formula is C16H8Cl2N2S. The van der Waals surface area contributed by atoms with Gasteiger partial charge in [-0.2, -0.15) is 5.26 Å². The van der Waals surface area contributed by atoms with Crippen LogP contribution in [0.1, 0.15) is 10.6 Å². The van der Waals surface area contributed by atoms with Gasteiger partial charge in [-0.15, -0.1) is 11.3 Å². The minimum Gasteiger partial charge on any atom is -0.235 e. The summed E-state index contributed by atoms with van der Waals surface area (Å²) in [5, 5.41) is 11.1. The molecule has 0 aliphatic heterocycles. The lowest BCUT2D eigenvalue weighted by atomic mass is 10.1. The number of aromatic nitrogens is 1. The first-order chi connectivity index (χ1) is 10.2. The Labute approximate surface area is 135 Å². The van der Waals surface area contributed by atoms with Crippen molar-refractivity contribution in [1.29, 1.82) is 5.26 Å². The van der Waals surface area contributed by atoms with Gasteiger partial charge < -0.3 is 0 Å². The molecule has 2 aromatic carbocycles. The third-order valence-electron chi connectivity index (χ3n) is 2.93. The second kappa shape index (κ2) is 5.87. The molecule has 0 aliphatic carbocycles. The fraction of sp³-hybridized carbons (Fsp3) is 0. The van der Waals surface area contributed by atoms with E-state index in [9.17, 15) is 5.26 Å². The van der Waals surface area contributed by atoms with Crippen LogP contribution in [0, 0.1) is 11.3 Å². The molecule has 5 heteroatoms. The molecule has 0 radical (unpaired) electrons. The monoisotopic (exact) mass is 330 g/mol. The number of benzene rings is 2. The molecule has 0 amide bonds. The zero-order valence-corrected chi connectivity index (χ0v) is 13.0. The van der Waals surface area contributed by atoms with Gasteiger partial charge in [-0.1, -0.05) is 41.4 Å². The zero-order valence-electron chi connectivity index (χ0n) is 10.7. The first kappa shape index (κ1) is 14.1. The lowest BCUT2D eigenvalue weighted by Crippen LogP contribution is -1.83. The van der Waals surface area contributed by atoms with E-state index in [2.05, 4.69) is 11.1 Å². The third-order valence-corrected chi connectivity index (χ3v) is 4.66. The molecule has 3 aromatic rings. The lowest BCUT2D eigenvalue weighted by Gasteiger charge is -2.01. The molecule has 0 N–H and O–H groups in total. The van der Waals surface area contributed by atoms with Crippen LogP contribution in [0.5, 0.6) is 0 Å². The summed E-state index contributed by atoms with van der Waals surface area (Å²) in [5.74, 6) is 0. The number of para-hydroxylation sites is 1. The zero-order chi connectivity index (χ0) is 14.8. The number of nitrogens with zero attached hydrogens (tertiary/aromatic N) is 2. The molecule has 21 heavy (non-hydrogen) atoms. The SMILES string of the molecule is N#CC(=Cc1c(Cl)cccc1Cl)c1nc2ccccc2s1. The summed E-state index contributed by atoms with van der Waals surface area (Å²) in [5.41, 5.74) is 1.96. The van der Waals surface area contributed by atoms with Crippen molar-refractivity contribution >= 4 is 56.4 Å². The van der Waals surface area contributed by atoms with Gasteiger partial charge in [0.2, 0.25) is 0 Å². The molecule has 2 nitrogen and oxygen atoms in total. The lowest BCUT2D eigenvalue weighted by molar-refractivity contribution is 1.43. The van der Waals surface area contributed by atoms with Crippen molar-refractivity contribution in [3.8, 4) is 6.07 Å². The summed E-state index contributed by atoms with van der Waals surface area (Å²) in [6, 6.07) is 15.2. The Morgan fingerprint density at radius 2 is 1.81 bits per heavy atom. The minimum atomic E-state index is 0.450. The average molecular weight is 331 g/mol. The van der Waals surface area contributed by atoms with Crippen molar-refractivity contribution in [1.82, 2.24) is 4.98 Å². The van der Waals surface area contributed by atoms with Gasteiger partial charge in [-0.25, -0.2) is 4.98 Å². The molecule has 1 aromatic heterocycles. The van der Waals surface area contributed by atoms with Crippen molar-refractivity contribution in [3.63, 3.8) is 0 Å². The number of nitriles is 1. The Hall–Kier alpha value is -1.86. The van der Waals surface area contributed by atoms with E-state index in [0.717, 1.165) is 10.2 Å². The van der Waals surface area contributed by atoms with Crippen molar-refractivity contribution in [2.45, 2.75) is 0 Å². The molecule has 0 atom stereocenters. The van der Waals surface area contributed by atoms with E-state index in [0.29, 0.717) is 26.2 Å². The van der Waals surface area contributed by atoms with Gasteiger partial charge in [-0.05, 0) is 30.3 Å². The van der Waals surface area contributed by atoms with Crippen LogP contribution in [0.4, 0.5) is 0 Å². The second-order valence-corrected chi connectivity index (χ2v) is 6.14. The molecule has 0 fully saturated rings. The van der Waals surface area contributed by atoms with Crippen LogP contribution in [0.2, 0.25) is 10.0 Å². The van der Waals surface area contributed by atoms with Gasteiger partial charge in [0.25, 0.3) is 0 Å². The highest BCUT2D eigenvalue weighted by Gasteiger charge is 2.11. The van der Waals surface area contributed by atoms with E-state index in [1.807, 2.05) is 24.3 Å². The smallest absolute Gasteiger partial charge is 0.135 e. The van der Waals surface area contributed by atoms with Crippen LogP contribution in [0.15, 0.2) is 42.5 Å². The number of fused-ring (bicyclic) bond motifs is 1. The number of allylic oxidation sites excluding steroid dienone is 1. The Morgan fingerprint density at radius 1 is 1.10 bits per heavy atom. The standard InChI is InChI=1S/C16H8Cl2N2S/c17-12-4-3-5-13(18)11(12)8-10(9-19)16-20-14-6-1-2-7-15(14)21-16/h1-8H. The number of halogens is 2. The summed E-state index contributed by atoms with van der Waals surface area (Å²) in [7, 11) is 0. The van der Waals surface area contributed by atoms with Crippen LogP contribution < -0.4 is 0 Å². The van der Waals surface area contributed by atoms with Crippen LogP contribution >= 0.6 is 34.5 Å². The maximum absolute atomic E-state index is 9.41. The summed E-state index contributed by atoms with van der Waals surface area (Å²) >= 11 is 13.8. The second-order valence-electron chi connectivity index (χ2n) is 4.29. The van der Waals surface area contributed by atoms with Crippen LogP contribution in [0.3, 0.4) is 0 Å². The quantitative estimate of drug-likeness (QED) is 0.568. The average Bonchev–Trinajstić information content (AvgIpc) is 2.90. The predicted molar refractivity (Wildman–Crippen MR) is 89.6 cm³/mol. The van der Waals surface area contributed by atoms with Crippen LogP contribution in [-0.2, 0) is 0 Å². The number of thiazole rings is 1. The first-order valence-electron chi connectivity index (χ1n) is 6.11. The maximum Gasteiger partial charge on any atom is 0.135 e. The number of hydrogen-bond acceptors (Lipinski definition) is 3. The summed E-state index contributed by atoms with van der Waals surface area (Å²) in [4.78, 5) is 4.48. The van der Waals surface area contributed by atoms with Gasteiger partial charge in [0.15, 0.2) is 0 Å². The van der Waals surface area contributed by atoms with E-state index in [1.54, 1.807) is 24.3 Å². The molecule has 0 unspecified atom stereocenters. The normalized spacial score (nSPS) is 11.6. The Bertz CT molecular complexity index is 837. The van der Waals surface area contributed by atoms with Gasteiger partial charge >= 0.3 is 0 Å². The van der Waals surface area contributed by atoms with Gasteiger partial charge in [0, 0.05) is 15.6 Å². The summed E-state index contributed by atoms with van der Waals surface area (Å²) in [6.45, 7) is 0. The predicted octanol–water partition coefficient (Wildman–Crippen LogP) is 5.67. The molecule has 0 aliphatic rings. The molecule has 102 valence electrons. The Kier molecular flexibility index (Phi) is 3.94. The fourth-order valence-corrected chi connectivity index (χ4v) is 3.36. The fourth-order valence-electron chi connectivity index (χ4n) is 1.92. The van der Waals surface area contributed by atoms with Crippen LogP contribution in [0.25, 0.3) is 21.9 Å². The molecule has 0 saturated carbocycles. The van der Waals surface area contributed by atoms with Crippen molar-refractivity contribution < 1.29 is 0 Å². The maximum atomic E-state index is 9.41. The van der Waals surface area contributed by atoms with E-state index in [-0.39, 0.29) is 0 Å². The van der Waals surface area contributed by atoms with E-state index in [4.69, 9.17) is 23.2 Å². The van der Waals surface area contributed by atoms with Crippen molar-refractivity contribution in [2.75, 3.05) is 0 Å².